The van der Waals surface area contributed by atoms with E-state index >= 15 is 0 Å². The van der Waals surface area contributed by atoms with Gasteiger partial charge in [-0.25, -0.2) is 4.79 Å². The summed E-state index contributed by atoms with van der Waals surface area (Å²) in [7, 11) is 0. The number of benzene rings is 1. The Bertz CT molecular complexity index is 447. The van der Waals surface area contributed by atoms with Gasteiger partial charge >= 0.3 is 6.16 Å². The lowest BCUT2D eigenvalue weighted by Gasteiger charge is -2.19. The summed E-state index contributed by atoms with van der Waals surface area (Å²) < 4.78 is 11.6. The van der Waals surface area contributed by atoms with Crippen LogP contribution in [0.5, 0.6) is 5.75 Å². The van der Waals surface area contributed by atoms with Gasteiger partial charge in [0.05, 0.1) is 0 Å². The number of hydrogen-bond acceptors (Lipinski definition) is 3. The summed E-state index contributed by atoms with van der Waals surface area (Å²) >= 11 is 2.25. The zero-order valence-corrected chi connectivity index (χ0v) is 14.3. The summed E-state index contributed by atoms with van der Waals surface area (Å²) in [6.45, 7) is 9.72. The van der Waals surface area contributed by atoms with Crippen LogP contribution < -0.4 is 4.74 Å². The first kappa shape index (κ1) is 16.3. The van der Waals surface area contributed by atoms with Gasteiger partial charge in [0.2, 0.25) is 0 Å². The molecule has 0 unspecified atom stereocenters. The van der Waals surface area contributed by atoms with Gasteiger partial charge in [0, 0.05) is 3.57 Å². The van der Waals surface area contributed by atoms with E-state index in [2.05, 4.69) is 36.4 Å². The summed E-state index contributed by atoms with van der Waals surface area (Å²) in [4.78, 5) is 11.7. The van der Waals surface area contributed by atoms with Crippen molar-refractivity contribution in [2.45, 2.75) is 46.6 Å². The van der Waals surface area contributed by atoms with E-state index in [-0.39, 0.29) is 0 Å². The van der Waals surface area contributed by atoms with E-state index in [0.717, 1.165) is 15.6 Å². The zero-order chi connectivity index (χ0) is 14.6. The van der Waals surface area contributed by atoms with Gasteiger partial charge in [0.25, 0.3) is 0 Å². The van der Waals surface area contributed by atoms with Crippen LogP contribution in [0.15, 0.2) is 18.2 Å². The van der Waals surface area contributed by atoms with Crippen molar-refractivity contribution in [3.05, 3.63) is 27.3 Å². The number of rotatable bonds is 3. The van der Waals surface area contributed by atoms with Gasteiger partial charge in [-0.2, -0.15) is 0 Å². The van der Waals surface area contributed by atoms with Crippen LogP contribution >= 0.6 is 22.6 Å². The largest absolute Gasteiger partial charge is 0.514 e. The van der Waals surface area contributed by atoms with Gasteiger partial charge in [-0.1, -0.05) is 13.8 Å². The summed E-state index contributed by atoms with van der Waals surface area (Å²) in [6.07, 6.45) is 0.216. The maximum absolute atomic E-state index is 11.7. The average molecular weight is 376 g/mol. The van der Waals surface area contributed by atoms with Crippen LogP contribution in [0.4, 0.5) is 4.79 Å². The maximum Gasteiger partial charge on any atom is 0.514 e. The monoisotopic (exact) mass is 376 g/mol. The highest BCUT2D eigenvalue weighted by atomic mass is 127. The molecule has 4 heteroatoms. The van der Waals surface area contributed by atoms with Crippen molar-refractivity contribution < 1.29 is 14.3 Å². The Morgan fingerprint density at radius 1 is 1.32 bits per heavy atom. The molecule has 0 amide bonds. The van der Waals surface area contributed by atoms with E-state index < -0.39 is 11.8 Å². The molecule has 0 atom stereocenters. The molecule has 0 saturated carbocycles. The third-order valence-corrected chi connectivity index (χ3v) is 2.90. The highest BCUT2D eigenvalue weighted by Crippen LogP contribution is 2.25. The number of ether oxygens (including phenoxy) is 2. The van der Waals surface area contributed by atoms with Crippen molar-refractivity contribution >= 4 is 28.7 Å². The molecule has 0 N–H and O–H groups in total. The molecular weight excluding hydrogens is 355 g/mol. The predicted octanol–water partition coefficient (Wildman–Crippen LogP) is 4.80. The van der Waals surface area contributed by atoms with Crippen molar-refractivity contribution in [2.24, 2.45) is 5.92 Å². The molecule has 0 fully saturated rings. The fourth-order valence-corrected chi connectivity index (χ4v) is 2.16. The minimum Gasteiger partial charge on any atom is -0.428 e. The summed E-state index contributed by atoms with van der Waals surface area (Å²) in [5.41, 5.74) is 0.492. The highest BCUT2D eigenvalue weighted by molar-refractivity contribution is 14.1. The van der Waals surface area contributed by atoms with E-state index in [1.165, 1.54) is 0 Å². The van der Waals surface area contributed by atoms with E-state index in [4.69, 9.17) is 9.47 Å². The van der Waals surface area contributed by atoms with E-state index in [9.17, 15) is 4.79 Å². The molecule has 19 heavy (non-hydrogen) atoms. The Balaban J connectivity index is 2.85. The summed E-state index contributed by atoms with van der Waals surface area (Å²) in [6, 6.07) is 5.79. The Morgan fingerprint density at radius 3 is 2.47 bits per heavy atom. The first-order valence-electron chi connectivity index (χ1n) is 6.36. The number of hydrogen-bond donors (Lipinski definition) is 0. The molecule has 1 aromatic carbocycles. The molecule has 106 valence electrons. The van der Waals surface area contributed by atoms with Gasteiger partial charge in [-0.15, -0.1) is 0 Å². The van der Waals surface area contributed by atoms with Crippen LogP contribution in [0.2, 0.25) is 0 Å². The standard InChI is InChI=1S/C15H21IO3/c1-10(2)8-11-9-12(16)6-7-13(11)18-14(17)19-15(3,4)5/h6-7,9-10H,8H2,1-5H3. The fraction of sp³-hybridized carbons (Fsp3) is 0.533. The Morgan fingerprint density at radius 2 is 1.95 bits per heavy atom. The van der Waals surface area contributed by atoms with Crippen LogP contribution in [0.1, 0.15) is 40.2 Å². The smallest absolute Gasteiger partial charge is 0.428 e. The third-order valence-electron chi connectivity index (χ3n) is 2.23. The molecule has 3 nitrogen and oxygen atoms in total. The maximum atomic E-state index is 11.7. The van der Waals surface area contributed by atoms with Gasteiger partial charge in [-0.05, 0) is 79.5 Å². The molecule has 0 bridgehead atoms. The Kier molecular flexibility index (Phi) is 5.64. The second-order valence-corrected chi connectivity index (χ2v) is 7.16. The van der Waals surface area contributed by atoms with Crippen LogP contribution in [0, 0.1) is 9.49 Å². The fourth-order valence-electron chi connectivity index (χ4n) is 1.61. The summed E-state index contributed by atoms with van der Waals surface area (Å²) in [5.74, 6) is 1.09. The number of carbonyl (C=O) groups excluding carboxylic acids is 1. The molecule has 0 aliphatic rings. The van der Waals surface area contributed by atoms with Gasteiger partial charge in [-0.3, -0.25) is 0 Å². The van der Waals surface area contributed by atoms with E-state index in [0.29, 0.717) is 11.7 Å². The van der Waals surface area contributed by atoms with Crippen molar-refractivity contribution in [1.82, 2.24) is 0 Å². The molecule has 0 aliphatic heterocycles. The van der Waals surface area contributed by atoms with Gasteiger partial charge in [0.1, 0.15) is 11.4 Å². The lowest BCUT2D eigenvalue weighted by molar-refractivity contribution is 0.0204. The molecule has 0 heterocycles. The van der Waals surface area contributed by atoms with Crippen LogP contribution in [0.3, 0.4) is 0 Å². The Hall–Kier alpha value is -0.780. The van der Waals surface area contributed by atoms with Crippen molar-refractivity contribution in [3.63, 3.8) is 0 Å². The molecule has 1 rings (SSSR count). The average Bonchev–Trinajstić information content (AvgIpc) is 2.18. The first-order chi connectivity index (χ1) is 8.67. The first-order valence-corrected chi connectivity index (χ1v) is 7.44. The molecule has 0 radical (unpaired) electrons. The summed E-state index contributed by atoms with van der Waals surface area (Å²) in [5, 5.41) is 0. The zero-order valence-electron chi connectivity index (χ0n) is 12.1. The van der Waals surface area contributed by atoms with E-state index in [1.807, 2.05) is 39.0 Å². The minimum atomic E-state index is -0.654. The lowest BCUT2D eigenvalue weighted by Crippen LogP contribution is -2.26. The molecule has 1 aromatic rings. The number of carbonyl (C=O) groups is 1. The topological polar surface area (TPSA) is 35.5 Å². The van der Waals surface area contributed by atoms with Crippen LogP contribution in [-0.4, -0.2) is 11.8 Å². The molecule has 0 saturated heterocycles. The van der Waals surface area contributed by atoms with Crippen molar-refractivity contribution in [3.8, 4) is 5.75 Å². The normalized spacial score (nSPS) is 11.5. The molecule has 0 aliphatic carbocycles. The minimum absolute atomic E-state index is 0.499. The van der Waals surface area contributed by atoms with Crippen LogP contribution in [-0.2, 0) is 11.2 Å². The lowest BCUT2D eigenvalue weighted by atomic mass is 10.0. The molecule has 0 spiro atoms. The second kappa shape index (κ2) is 6.59. The quantitative estimate of drug-likeness (QED) is 0.432. The molecular formula is C15H21IO3. The van der Waals surface area contributed by atoms with Crippen molar-refractivity contribution in [1.29, 1.82) is 0 Å². The number of halogens is 1. The van der Waals surface area contributed by atoms with E-state index in [1.54, 1.807) is 0 Å². The third kappa shape index (κ3) is 6.27. The second-order valence-electron chi connectivity index (χ2n) is 5.92. The SMILES string of the molecule is CC(C)Cc1cc(I)ccc1OC(=O)OC(C)(C)C. The van der Waals surface area contributed by atoms with Gasteiger partial charge < -0.3 is 9.47 Å². The van der Waals surface area contributed by atoms with Gasteiger partial charge in [0.15, 0.2) is 0 Å². The highest BCUT2D eigenvalue weighted by Gasteiger charge is 2.19. The van der Waals surface area contributed by atoms with Crippen LogP contribution in [0.25, 0.3) is 0 Å². The Labute approximate surface area is 128 Å². The predicted molar refractivity (Wildman–Crippen MR) is 84.6 cm³/mol. The van der Waals surface area contributed by atoms with Crippen molar-refractivity contribution in [2.75, 3.05) is 0 Å². The molecule has 0 aromatic heterocycles.